The zero-order chi connectivity index (χ0) is 21.8. The highest BCUT2D eigenvalue weighted by Gasteiger charge is 2.40. The Morgan fingerprint density at radius 3 is 2.63 bits per heavy atom. The molecule has 3 rings (SSSR count). The second-order valence-corrected chi connectivity index (χ2v) is 8.40. The van der Waals surface area contributed by atoms with Gasteiger partial charge in [0.05, 0.1) is 12.1 Å². The SMILES string of the molecule is CN[C@H](C)C(=O)N[C@H](C)C(=O)N1C[C@H](N)C[C@@H]1C(=O)N[C@H]1CCCc2ccccc21. The lowest BCUT2D eigenvalue weighted by Crippen LogP contribution is -2.54. The van der Waals surface area contributed by atoms with E-state index < -0.39 is 18.1 Å². The molecule has 1 heterocycles. The van der Waals surface area contributed by atoms with E-state index in [4.69, 9.17) is 5.73 Å². The van der Waals surface area contributed by atoms with E-state index in [1.54, 1.807) is 20.9 Å². The molecule has 1 aromatic carbocycles. The molecule has 8 heteroatoms. The Balaban J connectivity index is 1.68. The van der Waals surface area contributed by atoms with E-state index >= 15 is 0 Å². The third kappa shape index (κ3) is 4.82. The first-order valence-corrected chi connectivity index (χ1v) is 10.7. The number of likely N-dealkylation sites (N-methyl/N-ethyl adjacent to an activating group) is 1. The van der Waals surface area contributed by atoms with Crippen molar-refractivity contribution in [2.24, 2.45) is 5.73 Å². The number of amides is 3. The van der Waals surface area contributed by atoms with Crippen LogP contribution >= 0.6 is 0 Å². The summed E-state index contributed by atoms with van der Waals surface area (Å²) in [6.07, 6.45) is 3.33. The maximum Gasteiger partial charge on any atom is 0.245 e. The normalized spacial score (nSPS) is 25.2. The van der Waals surface area contributed by atoms with Gasteiger partial charge in [-0.1, -0.05) is 24.3 Å². The van der Waals surface area contributed by atoms with Crippen LogP contribution in [0.1, 0.15) is 50.3 Å². The molecular weight excluding hydrogens is 382 g/mol. The molecule has 0 radical (unpaired) electrons. The van der Waals surface area contributed by atoms with Crippen molar-refractivity contribution < 1.29 is 14.4 Å². The monoisotopic (exact) mass is 415 g/mol. The van der Waals surface area contributed by atoms with Crippen molar-refractivity contribution in [3.05, 3.63) is 35.4 Å². The van der Waals surface area contributed by atoms with E-state index in [9.17, 15) is 14.4 Å². The number of nitrogens with two attached hydrogens (primary N) is 1. The molecule has 3 amide bonds. The van der Waals surface area contributed by atoms with E-state index in [1.807, 2.05) is 12.1 Å². The predicted molar refractivity (Wildman–Crippen MR) is 114 cm³/mol. The number of fused-ring (bicyclic) bond motifs is 1. The Hall–Kier alpha value is -2.45. The second-order valence-electron chi connectivity index (χ2n) is 8.40. The summed E-state index contributed by atoms with van der Waals surface area (Å²) in [6, 6.07) is 6.09. The standard InChI is InChI=1S/C22H33N5O3/c1-13(24-3)20(28)25-14(2)22(30)27-12-16(23)11-19(27)21(29)26-18-10-6-8-15-7-4-5-9-17(15)18/h4-5,7,9,13-14,16,18-19,24H,6,8,10-12,23H2,1-3H3,(H,25,28)(H,26,29)/t13-,14-,16-,18+,19-/m1/s1. The number of hydrogen-bond donors (Lipinski definition) is 4. The van der Waals surface area contributed by atoms with Gasteiger partial charge in [-0.25, -0.2) is 0 Å². The van der Waals surface area contributed by atoms with Crippen LogP contribution in [0.4, 0.5) is 0 Å². The number of benzene rings is 1. The molecule has 0 saturated carbocycles. The van der Waals surface area contributed by atoms with Gasteiger partial charge in [0.1, 0.15) is 12.1 Å². The van der Waals surface area contributed by atoms with E-state index in [1.165, 1.54) is 10.5 Å². The van der Waals surface area contributed by atoms with Crippen LogP contribution in [0.5, 0.6) is 0 Å². The van der Waals surface area contributed by atoms with Gasteiger partial charge < -0.3 is 26.6 Å². The lowest BCUT2D eigenvalue weighted by Gasteiger charge is -2.31. The Bertz CT molecular complexity index is 799. The summed E-state index contributed by atoms with van der Waals surface area (Å²) >= 11 is 0. The van der Waals surface area contributed by atoms with Crippen molar-refractivity contribution in [3.63, 3.8) is 0 Å². The van der Waals surface area contributed by atoms with Gasteiger partial charge in [0.2, 0.25) is 17.7 Å². The fraction of sp³-hybridized carbons (Fsp3) is 0.591. The van der Waals surface area contributed by atoms with Crippen LogP contribution in [0.25, 0.3) is 0 Å². The molecule has 1 aliphatic heterocycles. The minimum absolute atomic E-state index is 0.0511. The van der Waals surface area contributed by atoms with Gasteiger partial charge >= 0.3 is 0 Å². The van der Waals surface area contributed by atoms with Crippen molar-refractivity contribution in [2.75, 3.05) is 13.6 Å². The van der Waals surface area contributed by atoms with Gasteiger partial charge in [-0.15, -0.1) is 0 Å². The molecule has 0 spiro atoms. The number of likely N-dealkylation sites (tertiary alicyclic amines) is 1. The van der Waals surface area contributed by atoms with Gasteiger partial charge in [0.25, 0.3) is 0 Å². The summed E-state index contributed by atoms with van der Waals surface area (Å²) in [5, 5.41) is 8.70. The number of hydrogen-bond acceptors (Lipinski definition) is 5. The van der Waals surface area contributed by atoms with Gasteiger partial charge in [0, 0.05) is 12.6 Å². The number of carbonyl (C=O) groups is 3. The number of aryl methyl sites for hydroxylation is 1. The molecule has 0 bridgehead atoms. The van der Waals surface area contributed by atoms with Crippen LogP contribution < -0.4 is 21.7 Å². The molecule has 5 atom stereocenters. The number of rotatable bonds is 6. The summed E-state index contributed by atoms with van der Waals surface area (Å²) in [7, 11) is 1.68. The fourth-order valence-electron chi connectivity index (χ4n) is 4.31. The predicted octanol–water partition coefficient (Wildman–Crippen LogP) is 0.221. The lowest BCUT2D eigenvalue weighted by atomic mass is 9.87. The van der Waals surface area contributed by atoms with E-state index in [0.29, 0.717) is 13.0 Å². The zero-order valence-electron chi connectivity index (χ0n) is 18.0. The summed E-state index contributed by atoms with van der Waals surface area (Å²) in [5.41, 5.74) is 8.52. The zero-order valence-corrected chi connectivity index (χ0v) is 18.0. The first-order valence-electron chi connectivity index (χ1n) is 10.7. The Labute approximate surface area is 177 Å². The molecule has 8 nitrogen and oxygen atoms in total. The van der Waals surface area contributed by atoms with Crippen molar-refractivity contribution in [1.29, 1.82) is 0 Å². The smallest absolute Gasteiger partial charge is 0.245 e. The first kappa shape index (κ1) is 22.2. The lowest BCUT2D eigenvalue weighted by molar-refractivity contribution is -0.141. The topological polar surface area (TPSA) is 117 Å². The quantitative estimate of drug-likeness (QED) is 0.530. The van der Waals surface area contributed by atoms with Crippen LogP contribution in [0.15, 0.2) is 24.3 Å². The summed E-state index contributed by atoms with van der Waals surface area (Å²) < 4.78 is 0. The van der Waals surface area contributed by atoms with Crippen LogP contribution in [-0.2, 0) is 20.8 Å². The number of carbonyl (C=O) groups excluding carboxylic acids is 3. The summed E-state index contributed by atoms with van der Waals surface area (Å²) in [6.45, 7) is 3.66. The number of nitrogens with one attached hydrogen (secondary N) is 3. The molecule has 0 unspecified atom stereocenters. The highest BCUT2D eigenvalue weighted by Crippen LogP contribution is 2.30. The third-order valence-electron chi connectivity index (χ3n) is 6.16. The highest BCUT2D eigenvalue weighted by molar-refractivity contribution is 5.93. The Kier molecular flexibility index (Phi) is 7.10. The second kappa shape index (κ2) is 9.57. The maximum absolute atomic E-state index is 13.1. The van der Waals surface area contributed by atoms with E-state index in [-0.39, 0.29) is 29.8 Å². The van der Waals surface area contributed by atoms with Crippen LogP contribution in [0, 0.1) is 0 Å². The molecule has 1 saturated heterocycles. The van der Waals surface area contributed by atoms with E-state index in [0.717, 1.165) is 24.8 Å². The van der Waals surface area contributed by atoms with Crippen LogP contribution in [0.2, 0.25) is 0 Å². The molecule has 1 fully saturated rings. The van der Waals surface area contributed by atoms with Gasteiger partial charge in [-0.05, 0) is 57.7 Å². The Morgan fingerprint density at radius 1 is 1.17 bits per heavy atom. The number of nitrogens with zero attached hydrogens (tertiary/aromatic N) is 1. The minimum Gasteiger partial charge on any atom is -0.347 e. The first-order chi connectivity index (χ1) is 14.3. The van der Waals surface area contributed by atoms with Crippen LogP contribution in [-0.4, -0.2) is 60.4 Å². The molecule has 164 valence electrons. The van der Waals surface area contributed by atoms with Crippen LogP contribution in [0.3, 0.4) is 0 Å². The molecule has 0 aromatic heterocycles. The maximum atomic E-state index is 13.1. The van der Waals surface area contributed by atoms with Crippen molar-refractivity contribution in [2.45, 2.75) is 69.7 Å². The average Bonchev–Trinajstić information content (AvgIpc) is 3.14. The summed E-state index contributed by atoms with van der Waals surface area (Å²) in [4.78, 5) is 39.8. The van der Waals surface area contributed by atoms with Gasteiger partial charge in [-0.3, -0.25) is 14.4 Å². The largest absolute Gasteiger partial charge is 0.347 e. The molecule has 1 aliphatic carbocycles. The fourth-order valence-corrected chi connectivity index (χ4v) is 4.31. The van der Waals surface area contributed by atoms with Gasteiger partial charge in [-0.2, -0.15) is 0 Å². The molecule has 30 heavy (non-hydrogen) atoms. The average molecular weight is 416 g/mol. The minimum atomic E-state index is -0.732. The molecule has 1 aromatic rings. The summed E-state index contributed by atoms with van der Waals surface area (Å²) in [5.74, 6) is -0.731. The Morgan fingerprint density at radius 2 is 1.90 bits per heavy atom. The van der Waals surface area contributed by atoms with E-state index in [2.05, 4.69) is 28.1 Å². The molecule has 2 aliphatic rings. The highest BCUT2D eigenvalue weighted by atomic mass is 16.2. The molecular formula is C22H33N5O3. The van der Waals surface area contributed by atoms with Crippen molar-refractivity contribution in [3.8, 4) is 0 Å². The third-order valence-corrected chi connectivity index (χ3v) is 6.16. The van der Waals surface area contributed by atoms with Crippen molar-refractivity contribution >= 4 is 17.7 Å². The van der Waals surface area contributed by atoms with Crippen molar-refractivity contribution in [1.82, 2.24) is 20.9 Å². The molecule has 5 N–H and O–H groups in total. The van der Waals surface area contributed by atoms with Gasteiger partial charge in [0.15, 0.2) is 0 Å².